The molecule has 0 spiro atoms. The largest absolute Gasteiger partial charge is 0.352 e. The van der Waals surface area contributed by atoms with Crippen LogP contribution in [0.5, 0.6) is 0 Å². The van der Waals surface area contributed by atoms with Gasteiger partial charge in [-0.25, -0.2) is 10.1 Å². The van der Waals surface area contributed by atoms with Crippen molar-refractivity contribution in [3.05, 3.63) is 0 Å². The van der Waals surface area contributed by atoms with Gasteiger partial charge >= 0.3 is 0 Å². The van der Waals surface area contributed by atoms with E-state index in [0.717, 1.165) is 36.1 Å². The summed E-state index contributed by atoms with van der Waals surface area (Å²) in [5, 5.41) is 8.36. The lowest BCUT2D eigenvalue weighted by atomic mass is 10.2. The summed E-state index contributed by atoms with van der Waals surface area (Å²) in [6.07, 6.45) is 3.03. The van der Waals surface area contributed by atoms with Crippen LogP contribution < -0.4 is 0 Å². The van der Waals surface area contributed by atoms with Crippen LogP contribution in [-0.2, 0) is 9.62 Å². The molecule has 0 saturated carbocycles. The standard InChI is InChI=1S/C5H12O3Si/c6-8-5(9)3-1-2-4-7-5/h6H,1-4H2,9H3. The summed E-state index contributed by atoms with van der Waals surface area (Å²) in [5.41, 5.74) is -0.585. The van der Waals surface area contributed by atoms with Crippen molar-refractivity contribution < 1.29 is 14.9 Å². The molecule has 0 aromatic carbocycles. The van der Waals surface area contributed by atoms with Gasteiger partial charge in [0.1, 0.15) is 0 Å². The van der Waals surface area contributed by atoms with E-state index in [4.69, 9.17) is 9.99 Å². The van der Waals surface area contributed by atoms with Gasteiger partial charge in [0.2, 0.25) is 0 Å². The van der Waals surface area contributed by atoms with Gasteiger partial charge in [-0.1, -0.05) is 0 Å². The molecule has 4 heteroatoms. The van der Waals surface area contributed by atoms with E-state index in [0.29, 0.717) is 0 Å². The maximum absolute atomic E-state index is 8.36. The number of ether oxygens (including phenoxy) is 1. The van der Waals surface area contributed by atoms with Gasteiger partial charge in [-0.2, -0.15) is 0 Å². The van der Waals surface area contributed by atoms with Crippen molar-refractivity contribution in [2.24, 2.45) is 0 Å². The maximum atomic E-state index is 8.36. The highest BCUT2D eigenvalue weighted by atomic mass is 28.1. The molecule has 0 bridgehead atoms. The fourth-order valence-corrected chi connectivity index (χ4v) is 1.54. The summed E-state index contributed by atoms with van der Waals surface area (Å²) < 4.78 is 5.20. The topological polar surface area (TPSA) is 38.7 Å². The number of hydrogen-bond acceptors (Lipinski definition) is 3. The molecule has 1 atom stereocenters. The van der Waals surface area contributed by atoms with Gasteiger partial charge < -0.3 is 4.74 Å². The lowest BCUT2D eigenvalue weighted by Gasteiger charge is -2.30. The second kappa shape index (κ2) is 2.79. The molecule has 54 valence electrons. The lowest BCUT2D eigenvalue weighted by Crippen LogP contribution is -2.38. The Morgan fingerprint density at radius 1 is 1.56 bits per heavy atom. The minimum Gasteiger partial charge on any atom is -0.352 e. The smallest absolute Gasteiger partial charge is 0.173 e. The molecule has 3 nitrogen and oxygen atoms in total. The van der Waals surface area contributed by atoms with Crippen LogP contribution in [0.2, 0.25) is 0 Å². The Bertz CT molecular complexity index is 90.2. The van der Waals surface area contributed by atoms with E-state index in [2.05, 4.69) is 4.89 Å². The van der Waals surface area contributed by atoms with Gasteiger partial charge in [0.25, 0.3) is 0 Å². The molecule has 1 unspecified atom stereocenters. The Kier molecular flexibility index (Phi) is 2.23. The third-order valence-electron chi connectivity index (χ3n) is 1.63. The van der Waals surface area contributed by atoms with E-state index in [1.807, 2.05) is 0 Å². The van der Waals surface area contributed by atoms with Crippen LogP contribution in [0.1, 0.15) is 19.3 Å². The Hall–Kier alpha value is 0.0969. The van der Waals surface area contributed by atoms with Crippen molar-refractivity contribution in [1.29, 1.82) is 0 Å². The molecule has 1 aliphatic rings. The minimum absolute atomic E-state index is 0.585. The van der Waals surface area contributed by atoms with Gasteiger partial charge in [0.15, 0.2) is 5.41 Å². The first kappa shape index (κ1) is 7.21. The molecule has 0 radical (unpaired) electrons. The van der Waals surface area contributed by atoms with E-state index < -0.39 is 5.41 Å². The molecule has 1 N–H and O–H groups in total. The maximum Gasteiger partial charge on any atom is 0.173 e. The van der Waals surface area contributed by atoms with Crippen LogP contribution in [0, 0.1) is 0 Å². The fourth-order valence-electron chi connectivity index (χ4n) is 0.980. The second-order valence-electron chi connectivity index (χ2n) is 2.53. The van der Waals surface area contributed by atoms with Crippen LogP contribution in [0.15, 0.2) is 0 Å². The monoisotopic (exact) mass is 148 g/mol. The van der Waals surface area contributed by atoms with Crippen molar-refractivity contribution in [3.8, 4) is 0 Å². The van der Waals surface area contributed by atoms with Crippen LogP contribution >= 0.6 is 0 Å². The first-order valence-corrected chi connectivity index (χ1v) is 4.23. The average Bonchev–Trinajstić information content (AvgIpc) is 1.90. The Balaban J connectivity index is 2.37. The van der Waals surface area contributed by atoms with Crippen molar-refractivity contribution in [2.75, 3.05) is 6.61 Å². The van der Waals surface area contributed by atoms with Gasteiger partial charge in [-0.15, -0.1) is 0 Å². The molecule has 1 heterocycles. The van der Waals surface area contributed by atoms with Gasteiger partial charge in [-0.3, -0.25) is 0 Å². The summed E-state index contributed by atoms with van der Waals surface area (Å²) in [6.45, 7) is 0.726. The molecule has 1 rings (SSSR count). The highest BCUT2D eigenvalue weighted by molar-refractivity contribution is 6.13. The van der Waals surface area contributed by atoms with E-state index in [-0.39, 0.29) is 0 Å². The Morgan fingerprint density at radius 2 is 2.33 bits per heavy atom. The van der Waals surface area contributed by atoms with Crippen LogP contribution in [0.25, 0.3) is 0 Å². The summed E-state index contributed by atoms with van der Waals surface area (Å²) in [7, 11) is 0.736. The Morgan fingerprint density at radius 3 is 2.67 bits per heavy atom. The zero-order valence-corrected chi connectivity index (χ0v) is 7.59. The number of rotatable bonds is 1. The third kappa shape index (κ3) is 1.75. The molecular weight excluding hydrogens is 136 g/mol. The molecule has 0 aromatic heterocycles. The molecule has 0 aromatic rings. The normalized spacial score (nSPS) is 37.0. The first-order chi connectivity index (χ1) is 4.27. The molecule has 0 amide bonds. The quantitative estimate of drug-likeness (QED) is 0.315. The van der Waals surface area contributed by atoms with Crippen molar-refractivity contribution in [3.63, 3.8) is 0 Å². The number of hydrogen-bond donors (Lipinski definition) is 1. The summed E-state index contributed by atoms with van der Waals surface area (Å²) in [4.78, 5) is 4.22. The molecule has 1 saturated heterocycles. The third-order valence-corrected chi connectivity index (χ3v) is 2.60. The predicted octanol–water partition coefficient (Wildman–Crippen LogP) is -0.304. The van der Waals surface area contributed by atoms with E-state index in [1.54, 1.807) is 0 Å². The SMILES string of the molecule is OOC1([SiH3])CCCCO1. The Labute approximate surface area is 57.3 Å². The van der Waals surface area contributed by atoms with Crippen LogP contribution in [-0.4, -0.2) is 27.5 Å². The average molecular weight is 148 g/mol. The van der Waals surface area contributed by atoms with Gasteiger partial charge in [-0.05, 0) is 19.3 Å². The molecule has 1 fully saturated rings. The van der Waals surface area contributed by atoms with Crippen molar-refractivity contribution >= 4 is 10.2 Å². The first-order valence-electron chi connectivity index (χ1n) is 3.23. The highest BCUT2D eigenvalue weighted by Gasteiger charge is 2.28. The van der Waals surface area contributed by atoms with E-state index in [1.165, 1.54) is 0 Å². The molecular formula is C5H12O3Si. The van der Waals surface area contributed by atoms with E-state index in [9.17, 15) is 0 Å². The van der Waals surface area contributed by atoms with Gasteiger partial charge in [0, 0.05) is 6.61 Å². The molecule has 0 aliphatic carbocycles. The van der Waals surface area contributed by atoms with Crippen LogP contribution in [0.3, 0.4) is 0 Å². The van der Waals surface area contributed by atoms with E-state index >= 15 is 0 Å². The molecule has 9 heavy (non-hydrogen) atoms. The van der Waals surface area contributed by atoms with Crippen molar-refractivity contribution in [1.82, 2.24) is 0 Å². The zero-order chi connectivity index (χ0) is 6.74. The summed E-state index contributed by atoms with van der Waals surface area (Å²) in [6, 6.07) is 0. The minimum atomic E-state index is -0.585. The van der Waals surface area contributed by atoms with Crippen molar-refractivity contribution in [2.45, 2.75) is 24.7 Å². The highest BCUT2D eigenvalue weighted by Crippen LogP contribution is 2.21. The summed E-state index contributed by atoms with van der Waals surface area (Å²) >= 11 is 0. The lowest BCUT2D eigenvalue weighted by molar-refractivity contribution is -0.376. The zero-order valence-electron chi connectivity index (χ0n) is 5.59. The van der Waals surface area contributed by atoms with Crippen LogP contribution in [0.4, 0.5) is 0 Å². The fraction of sp³-hybridized carbons (Fsp3) is 1.00. The molecule has 1 aliphatic heterocycles. The second-order valence-corrected chi connectivity index (χ2v) is 4.05. The summed E-state index contributed by atoms with van der Waals surface area (Å²) in [5.74, 6) is 0. The van der Waals surface area contributed by atoms with Gasteiger partial charge in [0.05, 0.1) is 10.2 Å². The predicted molar refractivity (Wildman–Crippen MR) is 36.2 cm³/mol.